The van der Waals surface area contributed by atoms with E-state index in [9.17, 15) is 5.11 Å². The Bertz CT molecular complexity index is 250. The van der Waals surface area contributed by atoms with E-state index in [2.05, 4.69) is 26.1 Å². The van der Waals surface area contributed by atoms with Gasteiger partial charge in [-0.1, -0.05) is 27.2 Å². The van der Waals surface area contributed by atoms with Crippen molar-refractivity contribution < 1.29 is 5.11 Å². The maximum atomic E-state index is 9.28. The second-order valence-corrected chi connectivity index (χ2v) is 7.29. The van der Waals surface area contributed by atoms with E-state index < -0.39 is 0 Å². The lowest BCUT2D eigenvalue weighted by Gasteiger charge is -2.40. The van der Waals surface area contributed by atoms with Crippen molar-refractivity contribution in [1.82, 2.24) is 5.32 Å². The van der Waals surface area contributed by atoms with E-state index in [0.717, 1.165) is 37.3 Å². The summed E-state index contributed by atoms with van der Waals surface area (Å²) in [7, 11) is 0. The molecule has 0 atom stereocenters. The van der Waals surface area contributed by atoms with Crippen LogP contribution in [0.5, 0.6) is 0 Å². The van der Waals surface area contributed by atoms with Gasteiger partial charge in [-0.05, 0) is 62.3 Å². The predicted octanol–water partition coefficient (Wildman–Crippen LogP) is 3.34. The molecular formula is C16H31NO. The Kier molecular flexibility index (Phi) is 4.71. The lowest BCUT2D eigenvalue weighted by Crippen LogP contribution is -2.42. The van der Waals surface area contributed by atoms with Crippen molar-refractivity contribution in [2.45, 2.75) is 77.9 Å². The molecule has 0 aromatic carbocycles. The van der Waals surface area contributed by atoms with E-state index in [1.807, 2.05) is 0 Å². The van der Waals surface area contributed by atoms with E-state index in [1.54, 1.807) is 0 Å². The average Bonchev–Trinajstić information content (AvgIpc) is 2.34. The van der Waals surface area contributed by atoms with Crippen LogP contribution in [0.4, 0.5) is 0 Å². The molecule has 0 amide bonds. The van der Waals surface area contributed by atoms with Crippen LogP contribution in [0.3, 0.4) is 0 Å². The molecule has 0 heterocycles. The van der Waals surface area contributed by atoms with Gasteiger partial charge < -0.3 is 10.4 Å². The van der Waals surface area contributed by atoms with Gasteiger partial charge in [0.2, 0.25) is 0 Å². The van der Waals surface area contributed by atoms with Crippen molar-refractivity contribution in [2.75, 3.05) is 6.54 Å². The number of hydrogen-bond donors (Lipinski definition) is 2. The highest BCUT2D eigenvalue weighted by Crippen LogP contribution is 2.40. The summed E-state index contributed by atoms with van der Waals surface area (Å²) in [5, 5.41) is 13.0. The van der Waals surface area contributed by atoms with Gasteiger partial charge in [-0.2, -0.15) is 0 Å². The molecule has 0 aromatic heterocycles. The van der Waals surface area contributed by atoms with Crippen LogP contribution in [-0.4, -0.2) is 23.8 Å². The smallest absolute Gasteiger partial charge is 0.0546 e. The molecule has 2 rings (SSSR count). The Morgan fingerprint density at radius 2 is 1.72 bits per heavy atom. The van der Waals surface area contributed by atoms with Crippen molar-refractivity contribution in [3.05, 3.63) is 0 Å². The van der Waals surface area contributed by atoms with Crippen molar-refractivity contribution in [3.8, 4) is 0 Å². The first kappa shape index (κ1) is 14.3. The summed E-state index contributed by atoms with van der Waals surface area (Å²) in [6, 6.07) is 0.742. The number of hydrogen-bond acceptors (Lipinski definition) is 2. The first-order valence-corrected chi connectivity index (χ1v) is 7.92. The van der Waals surface area contributed by atoms with Crippen LogP contribution in [0.1, 0.15) is 65.7 Å². The van der Waals surface area contributed by atoms with Crippen LogP contribution >= 0.6 is 0 Å². The van der Waals surface area contributed by atoms with Gasteiger partial charge in [-0.3, -0.25) is 0 Å². The Morgan fingerprint density at radius 3 is 2.22 bits per heavy atom. The molecule has 18 heavy (non-hydrogen) atoms. The molecule has 0 spiro atoms. The SMILES string of the molecule is CCC(C)(C)C1CCC(NCC2CC(O)C2)CC1. The zero-order valence-corrected chi connectivity index (χ0v) is 12.4. The Morgan fingerprint density at radius 1 is 1.11 bits per heavy atom. The highest BCUT2D eigenvalue weighted by atomic mass is 16.3. The van der Waals surface area contributed by atoms with Gasteiger partial charge in [0.05, 0.1) is 6.10 Å². The normalized spacial score (nSPS) is 37.3. The van der Waals surface area contributed by atoms with Gasteiger partial charge in [0.15, 0.2) is 0 Å². The summed E-state index contributed by atoms with van der Waals surface area (Å²) in [6.07, 6.45) is 8.83. The third kappa shape index (κ3) is 3.48. The van der Waals surface area contributed by atoms with Gasteiger partial charge in [0.25, 0.3) is 0 Å². The van der Waals surface area contributed by atoms with Crippen LogP contribution in [0, 0.1) is 17.3 Å². The molecule has 2 aliphatic carbocycles. The monoisotopic (exact) mass is 253 g/mol. The maximum absolute atomic E-state index is 9.28. The van der Waals surface area contributed by atoms with Gasteiger partial charge in [0, 0.05) is 6.04 Å². The van der Waals surface area contributed by atoms with Crippen molar-refractivity contribution >= 4 is 0 Å². The van der Waals surface area contributed by atoms with Crippen LogP contribution in [0.15, 0.2) is 0 Å². The first-order chi connectivity index (χ1) is 8.51. The summed E-state index contributed by atoms with van der Waals surface area (Å²) >= 11 is 0. The molecule has 0 saturated heterocycles. The zero-order chi connectivity index (χ0) is 13.2. The number of aliphatic hydroxyl groups excluding tert-OH is 1. The van der Waals surface area contributed by atoms with Gasteiger partial charge in [-0.15, -0.1) is 0 Å². The third-order valence-corrected chi connectivity index (χ3v) is 5.65. The van der Waals surface area contributed by atoms with E-state index in [0.29, 0.717) is 5.41 Å². The summed E-state index contributed by atoms with van der Waals surface area (Å²) in [6.45, 7) is 8.32. The molecule has 2 saturated carbocycles. The standard InChI is InChI=1S/C16H31NO/c1-4-16(2,3)13-5-7-14(8-6-13)17-11-12-9-15(18)10-12/h12-15,17-18H,4-11H2,1-3H3. The molecule has 0 unspecified atom stereocenters. The zero-order valence-electron chi connectivity index (χ0n) is 12.4. The molecule has 0 radical (unpaired) electrons. The minimum absolute atomic E-state index is 0.00195. The summed E-state index contributed by atoms with van der Waals surface area (Å²) in [5.41, 5.74) is 0.531. The van der Waals surface area contributed by atoms with Gasteiger partial charge in [0.1, 0.15) is 0 Å². The minimum Gasteiger partial charge on any atom is -0.393 e. The summed E-state index contributed by atoms with van der Waals surface area (Å²) in [5.74, 6) is 1.66. The highest BCUT2D eigenvalue weighted by molar-refractivity contribution is 4.86. The first-order valence-electron chi connectivity index (χ1n) is 7.92. The second kappa shape index (κ2) is 5.92. The molecule has 2 heteroatoms. The Labute approximate surface area is 113 Å². The molecule has 0 bridgehead atoms. The second-order valence-electron chi connectivity index (χ2n) is 7.29. The summed E-state index contributed by atoms with van der Waals surface area (Å²) in [4.78, 5) is 0. The van der Waals surface area contributed by atoms with Gasteiger partial charge >= 0.3 is 0 Å². The van der Waals surface area contributed by atoms with Crippen LogP contribution in [0.2, 0.25) is 0 Å². The molecule has 0 aromatic rings. The summed E-state index contributed by atoms with van der Waals surface area (Å²) < 4.78 is 0. The highest BCUT2D eigenvalue weighted by Gasteiger charge is 2.32. The predicted molar refractivity (Wildman–Crippen MR) is 76.6 cm³/mol. The molecular weight excluding hydrogens is 222 g/mol. The molecule has 2 N–H and O–H groups in total. The van der Waals surface area contributed by atoms with E-state index in [1.165, 1.54) is 32.1 Å². The average molecular weight is 253 g/mol. The molecule has 2 fully saturated rings. The fourth-order valence-corrected chi connectivity index (χ4v) is 3.57. The third-order valence-electron chi connectivity index (χ3n) is 5.65. The fourth-order valence-electron chi connectivity index (χ4n) is 3.57. The van der Waals surface area contributed by atoms with Crippen LogP contribution in [-0.2, 0) is 0 Å². The van der Waals surface area contributed by atoms with Crippen molar-refractivity contribution in [2.24, 2.45) is 17.3 Å². The molecule has 2 aliphatic rings. The van der Waals surface area contributed by atoms with Crippen molar-refractivity contribution in [1.29, 1.82) is 0 Å². The lowest BCUT2D eigenvalue weighted by molar-refractivity contribution is 0.0400. The number of rotatable bonds is 5. The van der Waals surface area contributed by atoms with Crippen LogP contribution in [0.25, 0.3) is 0 Å². The number of aliphatic hydroxyl groups is 1. The largest absolute Gasteiger partial charge is 0.393 e. The topological polar surface area (TPSA) is 32.3 Å². The Balaban J connectivity index is 1.64. The molecule has 2 nitrogen and oxygen atoms in total. The quantitative estimate of drug-likeness (QED) is 0.787. The maximum Gasteiger partial charge on any atom is 0.0546 e. The van der Waals surface area contributed by atoms with E-state index >= 15 is 0 Å². The van der Waals surface area contributed by atoms with E-state index in [-0.39, 0.29) is 6.10 Å². The fraction of sp³-hybridized carbons (Fsp3) is 1.00. The van der Waals surface area contributed by atoms with Crippen molar-refractivity contribution in [3.63, 3.8) is 0 Å². The Hall–Kier alpha value is -0.0800. The molecule has 106 valence electrons. The van der Waals surface area contributed by atoms with E-state index in [4.69, 9.17) is 0 Å². The van der Waals surface area contributed by atoms with Gasteiger partial charge in [-0.25, -0.2) is 0 Å². The minimum atomic E-state index is -0.00195. The number of nitrogens with one attached hydrogen (secondary N) is 1. The lowest BCUT2D eigenvalue weighted by atomic mass is 9.69. The molecule has 0 aliphatic heterocycles. The van der Waals surface area contributed by atoms with Crippen LogP contribution < -0.4 is 5.32 Å².